The number of carbonyl (C=O) groups is 1. The molecule has 0 N–H and O–H groups in total. The number of carbonyl (C=O) groups excluding carboxylic acids is 1. The van der Waals surface area contributed by atoms with E-state index in [0.717, 1.165) is 14.9 Å². The fourth-order valence-electron chi connectivity index (χ4n) is 2.67. The molecular weight excluding hydrogens is 379 g/mol. The predicted molar refractivity (Wildman–Crippen MR) is 92.3 cm³/mol. The van der Waals surface area contributed by atoms with Crippen LogP contribution in [0.5, 0.6) is 5.75 Å². The number of halogens is 1. The van der Waals surface area contributed by atoms with Crippen LogP contribution in [0.25, 0.3) is 5.76 Å². The Morgan fingerprint density at radius 1 is 1.14 bits per heavy atom. The molecule has 3 nitrogen and oxygen atoms in total. The van der Waals surface area contributed by atoms with Crippen molar-refractivity contribution in [3.05, 3.63) is 33.4 Å². The molecule has 1 fully saturated rings. The Kier molecular flexibility index (Phi) is 6.08. The number of esters is 1. The van der Waals surface area contributed by atoms with Crippen LogP contribution in [0, 0.1) is 5.92 Å². The maximum absolute atomic E-state index is 11.5. The Hall–Kier alpha value is -1.04. The lowest BCUT2D eigenvalue weighted by Gasteiger charge is -2.23. The first kappa shape index (κ1) is 16.3. The number of ether oxygens (including phenoxy) is 2. The summed E-state index contributed by atoms with van der Waals surface area (Å²) in [4.78, 5) is 11.5. The molecule has 2 rings (SSSR count). The molecule has 0 aromatic heterocycles. The van der Waals surface area contributed by atoms with Crippen LogP contribution in [0.3, 0.4) is 0 Å². The molecular formula is C17H21IO3. The highest BCUT2D eigenvalue weighted by molar-refractivity contribution is 14.1. The third-order valence-corrected chi connectivity index (χ3v) is 5.15. The minimum Gasteiger partial charge on any atom is -0.497 e. The van der Waals surface area contributed by atoms with Crippen molar-refractivity contribution in [2.45, 2.75) is 39.0 Å². The van der Waals surface area contributed by atoms with Crippen molar-refractivity contribution in [2.75, 3.05) is 7.11 Å². The molecule has 0 atom stereocenters. The summed E-state index contributed by atoms with van der Waals surface area (Å²) >= 11 is 2.35. The zero-order chi connectivity index (χ0) is 15.2. The molecule has 1 aromatic rings. The van der Waals surface area contributed by atoms with Crippen LogP contribution in [-0.4, -0.2) is 13.1 Å². The van der Waals surface area contributed by atoms with E-state index in [-0.39, 0.29) is 5.97 Å². The highest BCUT2D eigenvalue weighted by Crippen LogP contribution is 2.38. The van der Waals surface area contributed by atoms with Gasteiger partial charge >= 0.3 is 5.97 Å². The molecule has 1 aliphatic rings. The van der Waals surface area contributed by atoms with Crippen LogP contribution in [0.2, 0.25) is 0 Å². The Labute approximate surface area is 139 Å². The van der Waals surface area contributed by atoms with Gasteiger partial charge in [-0.1, -0.05) is 19.3 Å². The molecule has 1 aromatic carbocycles. The van der Waals surface area contributed by atoms with Gasteiger partial charge in [0.05, 0.1) is 7.11 Å². The number of rotatable bonds is 4. The summed E-state index contributed by atoms with van der Waals surface area (Å²) in [5.41, 5.74) is 0.931. The number of methoxy groups -OCH3 is 1. The van der Waals surface area contributed by atoms with E-state index in [2.05, 4.69) is 22.6 Å². The van der Waals surface area contributed by atoms with Gasteiger partial charge in [0.25, 0.3) is 0 Å². The Bertz CT molecular complexity index is 513. The third kappa shape index (κ3) is 4.46. The van der Waals surface area contributed by atoms with Crippen LogP contribution in [0.1, 0.15) is 44.6 Å². The van der Waals surface area contributed by atoms with E-state index in [9.17, 15) is 4.79 Å². The normalized spacial score (nSPS) is 17.1. The molecule has 1 saturated carbocycles. The standard InChI is InChI=1S/C17H21IO3/c1-12(19)21-17(14-8-10-15(20-2)11-9-14)16(18)13-6-4-3-5-7-13/h8-11,13H,3-7H2,1-2H3/b17-16+. The quantitative estimate of drug-likeness (QED) is 0.408. The van der Waals surface area contributed by atoms with Crippen LogP contribution in [0.15, 0.2) is 27.8 Å². The first-order chi connectivity index (χ1) is 10.1. The van der Waals surface area contributed by atoms with Gasteiger partial charge in [0.1, 0.15) is 11.5 Å². The van der Waals surface area contributed by atoms with E-state index >= 15 is 0 Å². The van der Waals surface area contributed by atoms with Gasteiger partial charge in [0.2, 0.25) is 0 Å². The Morgan fingerprint density at radius 2 is 1.76 bits per heavy atom. The number of allylic oxidation sites excluding steroid dienone is 1. The van der Waals surface area contributed by atoms with Crippen molar-refractivity contribution in [1.29, 1.82) is 0 Å². The first-order valence-corrected chi connectivity index (χ1v) is 8.42. The van der Waals surface area contributed by atoms with Crippen molar-refractivity contribution in [3.8, 4) is 5.75 Å². The predicted octanol–water partition coefficient (Wildman–Crippen LogP) is 4.94. The van der Waals surface area contributed by atoms with Crippen molar-refractivity contribution >= 4 is 34.3 Å². The van der Waals surface area contributed by atoms with Gasteiger partial charge in [-0.15, -0.1) is 0 Å². The first-order valence-electron chi connectivity index (χ1n) is 7.34. The minimum absolute atomic E-state index is 0.272. The van der Waals surface area contributed by atoms with Gasteiger partial charge in [-0.2, -0.15) is 0 Å². The summed E-state index contributed by atoms with van der Waals surface area (Å²) in [6.07, 6.45) is 6.19. The molecule has 0 heterocycles. The van der Waals surface area contributed by atoms with Crippen LogP contribution in [0.4, 0.5) is 0 Å². The second-order valence-corrected chi connectivity index (χ2v) is 6.50. The molecule has 0 spiro atoms. The smallest absolute Gasteiger partial charge is 0.308 e. The molecule has 0 unspecified atom stereocenters. The van der Waals surface area contributed by atoms with Crippen molar-refractivity contribution in [3.63, 3.8) is 0 Å². The summed E-state index contributed by atoms with van der Waals surface area (Å²) in [5.74, 6) is 1.74. The van der Waals surface area contributed by atoms with E-state index in [0.29, 0.717) is 11.7 Å². The molecule has 0 radical (unpaired) electrons. The summed E-state index contributed by atoms with van der Waals surface area (Å²) in [6.45, 7) is 1.45. The minimum atomic E-state index is -0.272. The fraction of sp³-hybridized carbons (Fsp3) is 0.471. The van der Waals surface area contributed by atoms with Gasteiger partial charge in [0, 0.05) is 16.1 Å². The molecule has 0 bridgehead atoms. The highest BCUT2D eigenvalue weighted by Gasteiger charge is 2.22. The zero-order valence-electron chi connectivity index (χ0n) is 12.5. The molecule has 0 aliphatic heterocycles. The van der Waals surface area contributed by atoms with E-state index in [1.807, 2.05) is 24.3 Å². The van der Waals surface area contributed by atoms with Gasteiger partial charge in [-0.25, -0.2) is 0 Å². The zero-order valence-corrected chi connectivity index (χ0v) is 14.7. The Morgan fingerprint density at radius 3 is 2.29 bits per heavy atom. The number of hydrogen-bond acceptors (Lipinski definition) is 3. The molecule has 1 aliphatic carbocycles. The van der Waals surface area contributed by atoms with Gasteiger partial charge in [-0.3, -0.25) is 4.79 Å². The summed E-state index contributed by atoms with van der Waals surface area (Å²) in [5, 5.41) is 0. The van der Waals surface area contributed by atoms with E-state index in [1.165, 1.54) is 39.0 Å². The molecule has 21 heavy (non-hydrogen) atoms. The van der Waals surface area contributed by atoms with Crippen molar-refractivity contribution < 1.29 is 14.3 Å². The van der Waals surface area contributed by atoms with Gasteiger partial charge < -0.3 is 9.47 Å². The Balaban J connectivity index is 2.33. The maximum Gasteiger partial charge on any atom is 0.308 e. The van der Waals surface area contributed by atoms with Crippen molar-refractivity contribution in [2.24, 2.45) is 5.92 Å². The molecule has 4 heteroatoms. The van der Waals surface area contributed by atoms with Crippen LogP contribution >= 0.6 is 22.6 Å². The lowest BCUT2D eigenvalue weighted by Crippen LogP contribution is -2.10. The number of benzene rings is 1. The van der Waals surface area contributed by atoms with Crippen LogP contribution < -0.4 is 4.74 Å². The maximum atomic E-state index is 11.5. The van der Waals surface area contributed by atoms with Crippen molar-refractivity contribution in [1.82, 2.24) is 0 Å². The highest BCUT2D eigenvalue weighted by atomic mass is 127. The largest absolute Gasteiger partial charge is 0.497 e. The third-order valence-electron chi connectivity index (χ3n) is 3.78. The van der Waals surface area contributed by atoms with Gasteiger partial charge in [-0.05, 0) is 65.6 Å². The lowest BCUT2D eigenvalue weighted by molar-refractivity contribution is -0.134. The average Bonchev–Trinajstić information content (AvgIpc) is 2.53. The lowest BCUT2D eigenvalue weighted by atomic mass is 9.88. The summed E-state index contributed by atoms with van der Waals surface area (Å²) in [6, 6.07) is 7.67. The monoisotopic (exact) mass is 400 g/mol. The number of hydrogen-bond donors (Lipinski definition) is 0. The average molecular weight is 400 g/mol. The summed E-state index contributed by atoms with van der Waals surface area (Å²) < 4.78 is 11.9. The van der Waals surface area contributed by atoms with E-state index < -0.39 is 0 Å². The van der Waals surface area contributed by atoms with E-state index in [4.69, 9.17) is 9.47 Å². The molecule has 0 amide bonds. The topological polar surface area (TPSA) is 35.5 Å². The van der Waals surface area contributed by atoms with Crippen LogP contribution in [-0.2, 0) is 9.53 Å². The van der Waals surface area contributed by atoms with Gasteiger partial charge in [0.15, 0.2) is 0 Å². The molecule has 114 valence electrons. The van der Waals surface area contributed by atoms with E-state index in [1.54, 1.807) is 7.11 Å². The SMILES string of the molecule is COc1ccc(/C(OC(C)=O)=C(\I)C2CCCCC2)cc1. The fourth-order valence-corrected chi connectivity index (χ4v) is 3.72. The summed E-state index contributed by atoms with van der Waals surface area (Å²) in [7, 11) is 1.64. The second-order valence-electron chi connectivity index (χ2n) is 5.33. The second kappa shape index (κ2) is 7.82. The molecule has 0 saturated heterocycles.